The monoisotopic (exact) mass is 315 g/mol. The van der Waals surface area contributed by atoms with E-state index in [2.05, 4.69) is 38.1 Å². The second kappa shape index (κ2) is 10.2. The second-order valence-corrected chi connectivity index (χ2v) is 7.14. The van der Waals surface area contributed by atoms with E-state index in [0.717, 1.165) is 0 Å². The van der Waals surface area contributed by atoms with Crippen LogP contribution in [0.3, 0.4) is 0 Å². The minimum absolute atomic E-state index is 0.546. The Labute approximate surface area is 126 Å². The van der Waals surface area contributed by atoms with Gasteiger partial charge < -0.3 is 0 Å². The molecule has 0 atom stereocenters. The van der Waals surface area contributed by atoms with E-state index in [4.69, 9.17) is 15.0 Å². The summed E-state index contributed by atoms with van der Waals surface area (Å²) in [6.07, 6.45) is 4.08. The Morgan fingerprint density at radius 3 is 1.37 bits per heavy atom. The molecule has 0 spiro atoms. The Balaban J connectivity index is 0.000000312. The number of unbranched alkanes of at least 4 members (excludes halogenated alkanes) is 2. The van der Waals surface area contributed by atoms with Crippen LogP contribution in [0, 0.1) is 0 Å². The predicted octanol–water partition coefficient (Wildman–Crippen LogP) is 4.78. The molecule has 0 aromatic heterocycles. The van der Waals surface area contributed by atoms with Crippen LogP contribution in [0.4, 0.5) is 0 Å². The Kier molecular flexibility index (Phi) is 8.80. The van der Waals surface area contributed by atoms with Gasteiger partial charge in [-0.15, -0.1) is 0 Å². The summed E-state index contributed by atoms with van der Waals surface area (Å²) in [5, 5.41) is 2.54. The normalized spacial score (nSPS) is 9.95. The van der Waals surface area contributed by atoms with E-state index in [9.17, 15) is 0 Å². The molecule has 2 heteroatoms. The average Bonchev–Trinajstić information content (AvgIpc) is 2.50. The van der Waals surface area contributed by atoms with E-state index >= 15 is 0 Å². The third kappa shape index (κ3) is 6.37. The third-order valence-electron chi connectivity index (χ3n) is 2.64. The molecule has 2 rings (SSSR count). The van der Waals surface area contributed by atoms with Gasteiger partial charge in [0, 0.05) is 0 Å². The standard InChI is InChI=1S/C12H10P.C5H12.Ni/c1-3-7-11(8-4-1)13-12-9-5-2-6-10-12;1-3-5-4-2;/h1-10H;3-5H2,1-2H3;/q-1;;+1. The van der Waals surface area contributed by atoms with Crippen LogP contribution < -0.4 is 10.6 Å². The third-order valence-corrected chi connectivity index (χ3v) is 5.61. The fourth-order valence-electron chi connectivity index (χ4n) is 1.60. The van der Waals surface area contributed by atoms with Crippen molar-refractivity contribution in [2.24, 2.45) is 0 Å². The topological polar surface area (TPSA) is 0 Å². The van der Waals surface area contributed by atoms with Gasteiger partial charge in [0.15, 0.2) is 0 Å². The fourth-order valence-corrected chi connectivity index (χ4v) is 3.61. The first kappa shape index (κ1) is 16.4. The number of rotatable bonds is 4. The van der Waals surface area contributed by atoms with Gasteiger partial charge in [-0.2, -0.15) is 0 Å². The first-order valence-electron chi connectivity index (χ1n) is 6.82. The summed E-state index contributed by atoms with van der Waals surface area (Å²) in [7, 11) is 0. The fraction of sp³-hybridized carbons (Fsp3) is 0.294. The van der Waals surface area contributed by atoms with E-state index in [-0.39, 0.29) is 0 Å². The van der Waals surface area contributed by atoms with Crippen molar-refractivity contribution < 1.29 is 15.0 Å². The van der Waals surface area contributed by atoms with Gasteiger partial charge in [0.2, 0.25) is 0 Å². The van der Waals surface area contributed by atoms with Crippen LogP contribution in [0.25, 0.3) is 0 Å². The number of hydrogen-bond acceptors (Lipinski definition) is 0. The molecule has 2 aromatic rings. The van der Waals surface area contributed by atoms with Crippen LogP contribution in [0.5, 0.6) is 0 Å². The first-order valence-corrected chi connectivity index (χ1v) is 9.33. The van der Waals surface area contributed by atoms with Crippen LogP contribution >= 0.6 is 6.70 Å². The summed E-state index contributed by atoms with van der Waals surface area (Å²) < 4.78 is 0. The molecular formula is C17H22NiP. The minimum atomic E-state index is -0.546. The first-order chi connectivity index (χ1) is 9.29. The molecule has 0 saturated heterocycles. The molecule has 0 N–H and O–H groups in total. The molecule has 0 fully saturated rings. The molecule has 0 heterocycles. The zero-order valence-electron chi connectivity index (χ0n) is 11.7. The van der Waals surface area contributed by atoms with Crippen molar-refractivity contribution in [3.63, 3.8) is 0 Å². The van der Waals surface area contributed by atoms with Gasteiger partial charge in [-0.3, -0.25) is 0 Å². The van der Waals surface area contributed by atoms with Gasteiger partial charge >= 0.3 is 93.0 Å². The molecule has 0 amide bonds. The van der Waals surface area contributed by atoms with E-state index in [1.54, 1.807) is 0 Å². The van der Waals surface area contributed by atoms with Crippen LogP contribution in [0.15, 0.2) is 60.7 Å². The van der Waals surface area contributed by atoms with Gasteiger partial charge in [0.05, 0.1) is 0 Å². The summed E-state index contributed by atoms with van der Waals surface area (Å²) in [6.45, 7) is 3.88. The molecule has 0 radical (unpaired) electrons. The molecule has 105 valence electrons. The summed E-state index contributed by atoms with van der Waals surface area (Å²) in [5.74, 6) is 0. The van der Waals surface area contributed by atoms with E-state index in [1.165, 1.54) is 29.9 Å². The van der Waals surface area contributed by atoms with E-state index in [0.29, 0.717) is 0 Å². The Bertz CT molecular complexity index is 386. The van der Waals surface area contributed by atoms with Crippen LogP contribution in [0.1, 0.15) is 33.1 Å². The maximum absolute atomic E-state index is 5.21. The van der Waals surface area contributed by atoms with Crippen LogP contribution in [-0.4, -0.2) is 0 Å². The molecule has 2 aromatic carbocycles. The van der Waals surface area contributed by atoms with Gasteiger partial charge in [0.1, 0.15) is 0 Å². The molecule has 0 nitrogen and oxygen atoms in total. The van der Waals surface area contributed by atoms with Crippen molar-refractivity contribution in [2.45, 2.75) is 33.1 Å². The molecule has 19 heavy (non-hydrogen) atoms. The molecule has 0 unspecified atom stereocenters. The molecule has 0 aliphatic rings. The Morgan fingerprint density at radius 1 is 0.737 bits per heavy atom. The van der Waals surface area contributed by atoms with Gasteiger partial charge in [-0.25, -0.2) is 0 Å². The molecule has 0 aliphatic carbocycles. The Morgan fingerprint density at radius 2 is 1.11 bits per heavy atom. The molecule has 0 aliphatic heterocycles. The van der Waals surface area contributed by atoms with Gasteiger partial charge in [-0.1, -0.05) is 33.1 Å². The molecular weight excluding hydrogens is 294 g/mol. The molecule has 0 saturated carbocycles. The van der Waals surface area contributed by atoms with E-state index < -0.39 is 6.70 Å². The number of hydrogen-bond donors (Lipinski definition) is 0. The van der Waals surface area contributed by atoms with Crippen LogP contribution in [-0.2, 0) is 15.0 Å². The zero-order chi connectivity index (χ0) is 13.9. The van der Waals surface area contributed by atoms with Crippen molar-refractivity contribution in [3.05, 3.63) is 60.7 Å². The summed E-state index contributed by atoms with van der Waals surface area (Å²) in [4.78, 5) is 0. The van der Waals surface area contributed by atoms with Crippen molar-refractivity contribution >= 4 is 17.3 Å². The average molecular weight is 316 g/mol. The van der Waals surface area contributed by atoms with Gasteiger partial charge in [0.25, 0.3) is 0 Å². The second-order valence-electron chi connectivity index (χ2n) is 4.28. The quantitative estimate of drug-likeness (QED) is 0.563. The van der Waals surface area contributed by atoms with Crippen molar-refractivity contribution in [1.82, 2.24) is 0 Å². The predicted molar refractivity (Wildman–Crippen MR) is 84.3 cm³/mol. The summed E-state index contributed by atoms with van der Waals surface area (Å²) in [6, 6.07) is 20.7. The van der Waals surface area contributed by atoms with E-state index in [1.807, 2.05) is 36.4 Å². The SMILES string of the molecule is CCCCC.[Ni][P](c1ccccc1)c1ccccc1. The summed E-state index contributed by atoms with van der Waals surface area (Å²) in [5.41, 5.74) is 0. The van der Waals surface area contributed by atoms with Crippen LogP contribution in [0.2, 0.25) is 0 Å². The Hall–Kier alpha value is -0.636. The van der Waals surface area contributed by atoms with Crippen molar-refractivity contribution in [1.29, 1.82) is 0 Å². The van der Waals surface area contributed by atoms with Gasteiger partial charge in [-0.05, 0) is 0 Å². The summed E-state index contributed by atoms with van der Waals surface area (Å²) >= 11 is 5.21. The zero-order valence-corrected chi connectivity index (χ0v) is 13.5. The maximum atomic E-state index is 5.21. The van der Waals surface area contributed by atoms with Crippen molar-refractivity contribution in [2.75, 3.05) is 0 Å². The number of benzene rings is 2. The van der Waals surface area contributed by atoms with Crippen molar-refractivity contribution in [3.8, 4) is 0 Å². The molecule has 0 bridgehead atoms.